The number of pyridine rings is 1. The van der Waals surface area contributed by atoms with Gasteiger partial charge >= 0.3 is 0 Å². The minimum atomic E-state index is -0.670. The van der Waals surface area contributed by atoms with Crippen molar-refractivity contribution in [1.82, 2.24) is 4.98 Å². The molecule has 0 saturated carbocycles. The number of hydrogen-bond acceptors (Lipinski definition) is 2. The van der Waals surface area contributed by atoms with Crippen LogP contribution in [0.25, 0.3) is 10.8 Å². The molecule has 0 bridgehead atoms. The lowest BCUT2D eigenvalue weighted by atomic mass is 10.0. The molecule has 0 spiro atoms. The highest BCUT2D eigenvalue weighted by Crippen LogP contribution is 2.27. The van der Waals surface area contributed by atoms with Gasteiger partial charge in [-0.15, -0.1) is 0 Å². The number of hydrogen-bond donors (Lipinski definition) is 1. The van der Waals surface area contributed by atoms with Crippen molar-refractivity contribution < 1.29 is 5.11 Å². The minimum Gasteiger partial charge on any atom is -0.386 e. The summed E-state index contributed by atoms with van der Waals surface area (Å²) in [6, 6.07) is 15.8. The molecular weight excluding hydrogens is 282 g/mol. The van der Waals surface area contributed by atoms with Crippen molar-refractivity contribution in [3.8, 4) is 0 Å². The van der Waals surface area contributed by atoms with Gasteiger partial charge in [0.1, 0.15) is 6.10 Å². The third kappa shape index (κ3) is 2.92. The van der Waals surface area contributed by atoms with Gasteiger partial charge in [-0.2, -0.15) is 0 Å². The van der Waals surface area contributed by atoms with E-state index in [0.717, 1.165) is 21.9 Å². The number of nitrogens with zero attached hydrogens (tertiary/aromatic N) is 1. The van der Waals surface area contributed by atoms with E-state index < -0.39 is 6.10 Å². The van der Waals surface area contributed by atoms with Crippen LogP contribution in [0.4, 0.5) is 0 Å². The van der Waals surface area contributed by atoms with Gasteiger partial charge in [0, 0.05) is 23.0 Å². The normalized spacial score (nSPS) is 12.5. The number of rotatable bonds is 3. The van der Waals surface area contributed by atoms with Gasteiger partial charge in [-0.1, -0.05) is 48.0 Å². The monoisotopic (exact) mass is 297 g/mol. The molecule has 1 heterocycles. The smallest absolute Gasteiger partial charge is 0.101 e. The van der Waals surface area contributed by atoms with Gasteiger partial charge < -0.3 is 5.11 Å². The number of fused-ring (bicyclic) bond motifs is 1. The summed E-state index contributed by atoms with van der Waals surface area (Å²) in [5.74, 6) is 0. The Kier molecular flexibility index (Phi) is 3.91. The van der Waals surface area contributed by atoms with Crippen molar-refractivity contribution in [3.63, 3.8) is 0 Å². The molecule has 1 atom stereocenters. The van der Waals surface area contributed by atoms with E-state index in [4.69, 9.17) is 11.6 Å². The van der Waals surface area contributed by atoms with Crippen molar-refractivity contribution in [2.24, 2.45) is 0 Å². The quantitative estimate of drug-likeness (QED) is 0.773. The van der Waals surface area contributed by atoms with Gasteiger partial charge in [0.2, 0.25) is 0 Å². The molecule has 1 N–H and O–H groups in total. The topological polar surface area (TPSA) is 33.1 Å². The van der Waals surface area contributed by atoms with Gasteiger partial charge in [0.05, 0.1) is 5.69 Å². The van der Waals surface area contributed by atoms with Crippen molar-refractivity contribution in [3.05, 3.63) is 76.6 Å². The SMILES string of the molecule is Cc1ccc(CC(O)c2nccc3ccccc23)c(Cl)c1. The first-order valence-corrected chi connectivity index (χ1v) is 7.29. The third-order valence-electron chi connectivity index (χ3n) is 3.64. The predicted octanol–water partition coefficient (Wildman–Crippen LogP) is 4.47. The second-order valence-electron chi connectivity index (χ2n) is 5.23. The summed E-state index contributed by atoms with van der Waals surface area (Å²) in [6.45, 7) is 2.00. The Morgan fingerprint density at radius 2 is 1.95 bits per heavy atom. The average molecular weight is 298 g/mol. The molecule has 2 aromatic carbocycles. The fraction of sp³-hybridized carbons (Fsp3) is 0.167. The van der Waals surface area contributed by atoms with E-state index in [0.29, 0.717) is 17.1 Å². The van der Waals surface area contributed by atoms with E-state index in [2.05, 4.69) is 4.98 Å². The summed E-state index contributed by atoms with van der Waals surface area (Å²) in [5.41, 5.74) is 2.75. The van der Waals surface area contributed by atoms with Gasteiger partial charge in [-0.3, -0.25) is 4.98 Å². The Balaban J connectivity index is 1.95. The Labute approximate surface area is 129 Å². The van der Waals surface area contributed by atoms with Crippen LogP contribution in [0.5, 0.6) is 0 Å². The third-order valence-corrected chi connectivity index (χ3v) is 3.99. The van der Waals surface area contributed by atoms with Crippen LogP contribution in [-0.4, -0.2) is 10.1 Å². The lowest BCUT2D eigenvalue weighted by molar-refractivity contribution is 0.175. The molecule has 21 heavy (non-hydrogen) atoms. The van der Waals surface area contributed by atoms with Gasteiger partial charge in [-0.05, 0) is 35.6 Å². The largest absolute Gasteiger partial charge is 0.386 e. The van der Waals surface area contributed by atoms with Crippen LogP contribution < -0.4 is 0 Å². The first kappa shape index (κ1) is 14.1. The molecule has 0 saturated heterocycles. The van der Waals surface area contributed by atoms with Crippen molar-refractivity contribution in [2.45, 2.75) is 19.4 Å². The first-order valence-electron chi connectivity index (χ1n) is 6.92. The fourth-order valence-electron chi connectivity index (χ4n) is 2.53. The molecule has 0 fully saturated rings. The lowest BCUT2D eigenvalue weighted by Gasteiger charge is -2.14. The zero-order valence-corrected chi connectivity index (χ0v) is 12.5. The highest BCUT2D eigenvalue weighted by Gasteiger charge is 2.15. The summed E-state index contributed by atoms with van der Waals surface area (Å²) in [5, 5.41) is 13.3. The summed E-state index contributed by atoms with van der Waals surface area (Å²) < 4.78 is 0. The number of benzene rings is 2. The Bertz CT molecular complexity index is 780. The van der Waals surface area contributed by atoms with Crippen LogP contribution in [0.2, 0.25) is 5.02 Å². The van der Waals surface area contributed by atoms with E-state index in [1.807, 2.05) is 55.5 Å². The zero-order valence-electron chi connectivity index (χ0n) is 11.8. The molecule has 3 rings (SSSR count). The number of aryl methyl sites for hydroxylation is 1. The fourth-order valence-corrected chi connectivity index (χ4v) is 2.84. The van der Waals surface area contributed by atoms with Crippen LogP contribution in [0.1, 0.15) is 22.9 Å². The highest BCUT2D eigenvalue weighted by atomic mass is 35.5. The molecule has 0 radical (unpaired) electrons. The van der Waals surface area contributed by atoms with E-state index >= 15 is 0 Å². The maximum atomic E-state index is 10.5. The van der Waals surface area contributed by atoms with Crippen LogP contribution in [0.3, 0.4) is 0 Å². The molecule has 0 aliphatic carbocycles. The molecule has 0 aliphatic heterocycles. The van der Waals surface area contributed by atoms with Crippen molar-refractivity contribution >= 4 is 22.4 Å². The molecule has 0 amide bonds. The zero-order chi connectivity index (χ0) is 14.8. The van der Waals surface area contributed by atoms with Crippen LogP contribution >= 0.6 is 11.6 Å². The van der Waals surface area contributed by atoms with Crippen molar-refractivity contribution in [2.75, 3.05) is 0 Å². The molecule has 106 valence electrons. The number of aromatic nitrogens is 1. The Hall–Kier alpha value is -1.90. The number of aliphatic hydroxyl groups is 1. The average Bonchev–Trinajstić information content (AvgIpc) is 2.49. The summed E-state index contributed by atoms with van der Waals surface area (Å²) in [4.78, 5) is 4.36. The Morgan fingerprint density at radius 3 is 2.76 bits per heavy atom. The predicted molar refractivity (Wildman–Crippen MR) is 86.6 cm³/mol. The molecule has 1 unspecified atom stereocenters. The van der Waals surface area contributed by atoms with Crippen LogP contribution in [-0.2, 0) is 6.42 Å². The molecule has 3 heteroatoms. The summed E-state index contributed by atoms with van der Waals surface area (Å²) >= 11 is 6.25. The Morgan fingerprint density at radius 1 is 1.14 bits per heavy atom. The van der Waals surface area contributed by atoms with Gasteiger partial charge in [0.15, 0.2) is 0 Å². The van der Waals surface area contributed by atoms with E-state index in [-0.39, 0.29) is 0 Å². The molecule has 0 aliphatic rings. The number of halogens is 1. The van der Waals surface area contributed by atoms with E-state index in [1.165, 1.54) is 0 Å². The molecule has 3 aromatic rings. The minimum absolute atomic E-state index is 0.458. The molecule has 1 aromatic heterocycles. The van der Waals surface area contributed by atoms with Crippen LogP contribution in [0.15, 0.2) is 54.7 Å². The van der Waals surface area contributed by atoms with Gasteiger partial charge in [0.25, 0.3) is 0 Å². The van der Waals surface area contributed by atoms with Crippen molar-refractivity contribution in [1.29, 1.82) is 0 Å². The van der Waals surface area contributed by atoms with E-state index in [1.54, 1.807) is 6.20 Å². The standard InChI is InChI=1S/C18H16ClNO/c1-12-6-7-14(16(19)10-12)11-17(21)18-15-5-3-2-4-13(15)8-9-20-18/h2-10,17,21H,11H2,1H3. The highest BCUT2D eigenvalue weighted by molar-refractivity contribution is 6.31. The van der Waals surface area contributed by atoms with Gasteiger partial charge in [-0.25, -0.2) is 0 Å². The van der Waals surface area contributed by atoms with E-state index in [9.17, 15) is 5.11 Å². The van der Waals surface area contributed by atoms with Crippen LogP contribution in [0, 0.1) is 6.92 Å². The first-order chi connectivity index (χ1) is 10.1. The maximum Gasteiger partial charge on any atom is 0.101 e. The second-order valence-corrected chi connectivity index (χ2v) is 5.64. The lowest BCUT2D eigenvalue weighted by Crippen LogP contribution is -2.05. The maximum absolute atomic E-state index is 10.5. The second kappa shape index (κ2) is 5.84. The molecule has 2 nitrogen and oxygen atoms in total. The summed E-state index contributed by atoms with van der Waals surface area (Å²) in [6.07, 6.45) is 1.52. The molecular formula is C18H16ClNO. The number of aliphatic hydroxyl groups excluding tert-OH is 1. The summed E-state index contributed by atoms with van der Waals surface area (Å²) in [7, 11) is 0.